The number of imidazole rings is 1. The van der Waals surface area contributed by atoms with Crippen molar-refractivity contribution < 1.29 is 4.42 Å². The lowest BCUT2D eigenvalue weighted by molar-refractivity contribution is 0.616. The predicted molar refractivity (Wildman–Crippen MR) is 73.8 cm³/mol. The Bertz CT molecular complexity index is 889. The first kappa shape index (κ1) is 10.3. The number of H-pyrrole nitrogens is 1. The summed E-state index contributed by atoms with van der Waals surface area (Å²) >= 11 is 0. The summed E-state index contributed by atoms with van der Waals surface area (Å²) in [7, 11) is 0. The number of furan rings is 1. The zero-order valence-electron chi connectivity index (χ0n) is 10.3. The van der Waals surface area contributed by atoms with E-state index in [1.54, 1.807) is 6.26 Å². The first-order valence-electron chi connectivity index (χ1n) is 6.10. The normalized spacial score (nSPS) is 11.4. The van der Waals surface area contributed by atoms with Gasteiger partial charge in [0, 0.05) is 11.6 Å². The minimum atomic E-state index is 0.728. The molecule has 4 heteroatoms. The molecule has 19 heavy (non-hydrogen) atoms. The lowest BCUT2D eigenvalue weighted by atomic mass is 10.2. The number of hydrogen-bond donors (Lipinski definition) is 1. The van der Waals surface area contributed by atoms with Crippen LogP contribution >= 0.6 is 0 Å². The van der Waals surface area contributed by atoms with Gasteiger partial charge in [0.25, 0.3) is 0 Å². The van der Waals surface area contributed by atoms with Gasteiger partial charge in [-0.05, 0) is 24.6 Å². The highest BCUT2D eigenvalue weighted by Gasteiger charge is 2.12. The molecule has 0 amide bonds. The molecule has 0 unspecified atom stereocenters. The molecule has 4 rings (SSSR count). The van der Waals surface area contributed by atoms with Gasteiger partial charge in [-0.1, -0.05) is 18.2 Å². The van der Waals surface area contributed by atoms with Gasteiger partial charge in [0.1, 0.15) is 17.7 Å². The van der Waals surface area contributed by atoms with Crippen molar-refractivity contribution in [3.63, 3.8) is 0 Å². The van der Waals surface area contributed by atoms with Crippen LogP contribution in [0, 0.1) is 6.92 Å². The van der Waals surface area contributed by atoms with E-state index in [2.05, 4.69) is 15.0 Å². The Balaban J connectivity index is 1.99. The van der Waals surface area contributed by atoms with Crippen molar-refractivity contribution in [2.24, 2.45) is 0 Å². The number of nitrogens with one attached hydrogen (secondary N) is 1. The van der Waals surface area contributed by atoms with Crippen LogP contribution in [0.3, 0.4) is 0 Å². The fraction of sp³-hybridized carbons (Fsp3) is 0.0667. The molecule has 4 aromatic rings. The summed E-state index contributed by atoms with van der Waals surface area (Å²) in [6.07, 6.45) is 3.55. The van der Waals surface area contributed by atoms with Crippen molar-refractivity contribution >= 4 is 22.1 Å². The average molecular weight is 249 g/mol. The number of aromatic amines is 1. The number of benzene rings is 1. The maximum absolute atomic E-state index is 5.54. The molecular weight excluding hydrogens is 238 g/mol. The third-order valence-electron chi connectivity index (χ3n) is 3.21. The lowest BCUT2D eigenvalue weighted by Crippen LogP contribution is -1.78. The molecule has 3 heterocycles. The maximum Gasteiger partial charge on any atom is 0.178 e. The van der Waals surface area contributed by atoms with Crippen molar-refractivity contribution in [1.29, 1.82) is 0 Å². The van der Waals surface area contributed by atoms with E-state index in [9.17, 15) is 0 Å². The maximum atomic E-state index is 5.54. The van der Waals surface area contributed by atoms with Crippen LogP contribution in [0.4, 0.5) is 0 Å². The van der Waals surface area contributed by atoms with E-state index in [-0.39, 0.29) is 0 Å². The third-order valence-corrected chi connectivity index (χ3v) is 3.21. The van der Waals surface area contributed by atoms with Gasteiger partial charge in [-0.3, -0.25) is 0 Å². The standard InChI is InChI=1S/C15H11N3O/c1-9-6-12-15(16-7-9)18-14(17-12)11-8-19-13-5-3-2-4-10(11)13/h2-8H,1H3,(H,16,17,18). The van der Waals surface area contributed by atoms with E-state index in [1.165, 1.54) is 0 Å². The molecular formula is C15H11N3O. The number of nitrogens with zero attached hydrogens (tertiary/aromatic N) is 2. The molecule has 3 aromatic heterocycles. The first-order valence-corrected chi connectivity index (χ1v) is 6.10. The molecule has 1 N–H and O–H groups in total. The van der Waals surface area contributed by atoms with Gasteiger partial charge in [0.05, 0.1) is 11.1 Å². The molecule has 0 spiro atoms. The topological polar surface area (TPSA) is 54.7 Å². The van der Waals surface area contributed by atoms with Crippen molar-refractivity contribution in [1.82, 2.24) is 15.0 Å². The summed E-state index contributed by atoms with van der Waals surface area (Å²) in [5.41, 5.74) is 4.61. The summed E-state index contributed by atoms with van der Waals surface area (Å²) < 4.78 is 5.54. The third kappa shape index (κ3) is 1.53. The molecule has 0 aliphatic heterocycles. The van der Waals surface area contributed by atoms with Gasteiger partial charge < -0.3 is 9.40 Å². The van der Waals surface area contributed by atoms with Gasteiger partial charge in [0.15, 0.2) is 5.65 Å². The number of hydrogen-bond acceptors (Lipinski definition) is 3. The van der Waals surface area contributed by atoms with Gasteiger partial charge in [0.2, 0.25) is 0 Å². The second-order valence-electron chi connectivity index (χ2n) is 4.61. The average Bonchev–Trinajstić information content (AvgIpc) is 3.00. The van der Waals surface area contributed by atoms with E-state index < -0.39 is 0 Å². The minimum Gasteiger partial charge on any atom is -0.464 e. The Morgan fingerprint density at radius 1 is 1.21 bits per heavy atom. The van der Waals surface area contributed by atoms with E-state index in [1.807, 2.05) is 43.5 Å². The van der Waals surface area contributed by atoms with Crippen LogP contribution < -0.4 is 0 Å². The Morgan fingerprint density at radius 3 is 3.05 bits per heavy atom. The molecule has 0 bridgehead atoms. The van der Waals surface area contributed by atoms with Crippen molar-refractivity contribution in [3.05, 3.63) is 48.4 Å². The Hall–Kier alpha value is -2.62. The van der Waals surface area contributed by atoms with Crippen LogP contribution in [0.25, 0.3) is 33.5 Å². The molecule has 0 atom stereocenters. The molecule has 0 aliphatic rings. The van der Waals surface area contributed by atoms with Gasteiger partial charge in [-0.25, -0.2) is 9.97 Å². The quantitative estimate of drug-likeness (QED) is 0.560. The van der Waals surface area contributed by atoms with E-state index in [4.69, 9.17) is 4.42 Å². The predicted octanol–water partition coefficient (Wildman–Crippen LogP) is 3.68. The van der Waals surface area contributed by atoms with Gasteiger partial charge >= 0.3 is 0 Å². The smallest absolute Gasteiger partial charge is 0.178 e. The molecule has 0 radical (unpaired) electrons. The SMILES string of the molecule is Cc1cnc2nc(-c3coc4ccccc34)[nH]c2c1. The van der Waals surface area contributed by atoms with Crippen LogP contribution in [0.5, 0.6) is 0 Å². The van der Waals surface area contributed by atoms with E-state index in [0.717, 1.165) is 39.1 Å². The number of para-hydroxylation sites is 1. The zero-order valence-corrected chi connectivity index (χ0v) is 10.3. The molecule has 0 fully saturated rings. The highest BCUT2D eigenvalue weighted by molar-refractivity contribution is 5.93. The summed E-state index contributed by atoms with van der Waals surface area (Å²) in [4.78, 5) is 12.1. The number of rotatable bonds is 1. The molecule has 0 saturated carbocycles. The number of aryl methyl sites for hydroxylation is 1. The van der Waals surface area contributed by atoms with E-state index in [0.29, 0.717) is 0 Å². The Kier molecular flexibility index (Phi) is 2.00. The summed E-state index contributed by atoms with van der Waals surface area (Å²) in [6, 6.07) is 9.97. The van der Waals surface area contributed by atoms with Crippen molar-refractivity contribution in [3.8, 4) is 11.4 Å². The molecule has 0 aliphatic carbocycles. The van der Waals surface area contributed by atoms with E-state index >= 15 is 0 Å². The second-order valence-corrected chi connectivity index (χ2v) is 4.61. The highest BCUT2D eigenvalue weighted by Crippen LogP contribution is 2.29. The molecule has 92 valence electrons. The van der Waals surface area contributed by atoms with Gasteiger partial charge in [-0.15, -0.1) is 0 Å². The lowest BCUT2D eigenvalue weighted by Gasteiger charge is -1.91. The Labute approximate surface area is 109 Å². The highest BCUT2D eigenvalue weighted by atomic mass is 16.3. The summed E-state index contributed by atoms with van der Waals surface area (Å²) in [6.45, 7) is 2.01. The first-order chi connectivity index (χ1) is 9.31. The fourth-order valence-electron chi connectivity index (χ4n) is 2.29. The number of fused-ring (bicyclic) bond motifs is 2. The Morgan fingerprint density at radius 2 is 2.11 bits per heavy atom. The monoisotopic (exact) mass is 249 g/mol. The number of pyridine rings is 1. The molecule has 4 nitrogen and oxygen atoms in total. The summed E-state index contributed by atoms with van der Waals surface area (Å²) in [5, 5.41) is 1.05. The number of aromatic nitrogens is 3. The van der Waals surface area contributed by atoms with Crippen LogP contribution in [0.15, 0.2) is 47.2 Å². The van der Waals surface area contributed by atoms with Crippen molar-refractivity contribution in [2.45, 2.75) is 6.92 Å². The molecule has 0 saturated heterocycles. The van der Waals surface area contributed by atoms with Crippen LogP contribution in [-0.2, 0) is 0 Å². The minimum absolute atomic E-state index is 0.728. The second kappa shape index (κ2) is 3.68. The fourth-order valence-corrected chi connectivity index (χ4v) is 2.29. The van der Waals surface area contributed by atoms with Crippen LogP contribution in [-0.4, -0.2) is 15.0 Å². The summed E-state index contributed by atoms with van der Waals surface area (Å²) in [5.74, 6) is 0.790. The largest absolute Gasteiger partial charge is 0.464 e. The zero-order chi connectivity index (χ0) is 12.8. The van der Waals surface area contributed by atoms with Gasteiger partial charge in [-0.2, -0.15) is 0 Å². The molecule has 1 aromatic carbocycles. The van der Waals surface area contributed by atoms with Crippen molar-refractivity contribution in [2.75, 3.05) is 0 Å². The van der Waals surface area contributed by atoms with Crippen LogP contribution in [0.1, 0.15) is 5.56 Å². The van der Waals surface area contributed by atoms with Crippen LogP contribution in [0.2, 0.25) is 0 Å².